The van der Waals surface area contributed by atoms with Gasteiger partial charge in [-0.05, 0) is 55.9 Å². The number of hydrogen-bond acceptors (Lipinski definition) is 3. The number of rotatable bonds is 5. The van der Waals surface area contributed by atoms with E-state index in [1.807, 2.05) is 31.3 Å². The highest BCUT2D eigenvalue weighted by Gasteiger charge is 2.08. The quantitative estimate of drug-likeness (QED) is 0.886. The monoisotopic (exact) mass is 284 g/mol. The number of ether oxygens (including phenoxy) is 1. The molecule has 0 fully saturated rings. The summed E-state index contributed by atoms with van der Waals surface area (Å²) in [5.74, 6) is 0.600. The molecule has 2 rings (SSSR count). The van der Waals surface area contributed by atoms with Crippen LogP contribution in [0.15, 0.2) is 48.5 Å². The largest absolute Gasteiger partial charge is 0.497 e. The van der Waals surface area contributed by atoms with E-state index in [1.54, 1.807) is 31.4 Å². The Kier molecular flexibility index (Phi) is 4.95. The van der Waals surface area contributed by atoms with Gasteiger partial charge in [0.2, 0.25) is 0 Å². The molecule has 0 heterocycles. The second-order valence-corrected chi connectivity index (χ2v) is 4.82. The molecule has 0 spiro atoms. The van der Waals surface area contributed by atoms with E-state index in [0.717, 1.165) is 17.0 Å². The summed E-state index contributed by atoms with van der Waals surface area (Å²) in [7, 11) is 3.51. The van der Waals surface area contributed by atoms with Gasteiger partial charge in [-0.3, -0.25) is 4.79 Å². The normalized spacial score (nSPS) is 11.8. The summed E-state index contributed by atoms with van der Waals surface area (Å²) >= 11 is 0. The van der Waals surface area contributed by atoms with Crippen molar-refractivity contribution < 1.29 is 9.53 Å². The van der Waals surface area contributed by atoms with E-state index < -0.39 is 0 Å². The Morgan fingerprint density at radius 3 is 2.48 bits per heavy atom. The summed E-state index contributed by atoms with van der Waals surface area (Å²) in [4.78, 5) is 12.2. The first-order chi connectivity index (χ1) is 10.1. The minimum absolute atomic E-state index is 0.132. The zero-order chi connectivity index (χ0) is 15.2. The van der Waals surface area contributed by atoms with E-state index in [9.17, 15) is 4.79 Å². The van der Waals surface area contributed by atoms with Gasteiger partial charge in [-0.15, -0.1) is 0 Å². The number of hydrogen-bond donors (Lipinski definition) is 2. The van der Waals surface area contributed by atoms with Crippen LogP contribution in [0.3, 0.4) is 0 Å². The Labute approximate surface area is 125 Å². The maximum atomic E-state index is 12.2. The molecule has 0 aliphatic rings. The first-order valence-electron chi connectivity index (χ1n) is 6.86. The first-order valence-corrected chi connectivity index (χ1v) is 6.86. The van der Waals surface area contributed by atoms with Gasteiger partial charge in [-0.2, -0.15) is 0 Å². The van der Waals surface area contributed by atoms with Crippen LogP contribution in [0, 0.1) is 0 Å². The number of nitrogens with one attached hydrogen (secondary N) is 2. The summed E-state index contributed by atoms with van der Waals surface area (Å²) in [5.41, 5.74) is 2.52. The van der Waals surface area contributed by atoms with E-state index in [0.29, 0.717) is 5.56 Å². The van der Waals surface area contributed by atoms with Gasteiger partial charge in [0.15, 0.2) is 0 Å². The van der Waals surface area contributed by atoms with Crippen LogP contribution in [-0.2, 0) is 0 Å². The molecule has 110 valence electrons. The third-order valence-electron chi connectivity index (χ3n) is 3.43. The summed E-state index contributed by atoms with van der Waals surface area (Å²) in [5, 5.41) is 6.09. The smallest absolute Gasteiger partial charge is 0.255 e. The highest BCUT2D eigenvalue weighted by Crippen LogP contribution is 2.18. The molecule has 2 aromatic carbocycles. The molecule has 0 radical (unpaired) electrons. The van der Waals surface area contributed by atoms with Gasteiger partial charge >= 0.3 is 0 Å². The van der Waals surface area contributed by atoms with Crippen LogP contribution in [-0.4, -0.2) is 20.1 Å². The Balaban J connectivity index is 2.11. The lowest BCUT2D eigenvalue weighted by molar-refractivity contribution is 0.102. The van der Waals surface area contributed by atoms with Crippen LogP contribution >= 0.6 is 0 Å². The molecule has 0 aliphatic carbocycles. The van der Waals surface area contributed by atoms with E-state index in [-0.39, 0.29) is 11.9 Å². The van der Waals surface area contributed by atoms with Gasteiger partial charge in [0.25, 0.3) is 5.91 Å². The Morgan fingerprint density at radius 2 is 1.86 bits per heavy atom. The standard InChI is InChI=1S/C17H20N2O2/c1-12(18-2)14-5-4-6-15(11-14)19-17(20)13-7-9-16(21-3)10-8-13/h4-12,18H,1-3H3,(H,19,20). The van der Waals surface area contributed by atoms with E-state index in [4.69, 9.17) is 4.74 Å². The molecular formula is C17H20N2O2. The van der Waals surface area contributed by atoms with Crippen molar-refractivity contribution in [2.75, 3.05) is 19.5 Å². The van der Waals surface area contributed by atoms with Gasteiger partial charge in [0.1, 0.15) is 5.75 Å². The Bertz CT molecular complexity index is 608. The molecule has 2 N–H and O–H groups in total. The molecule has 0 aromatic heterocycles. The van der Waals surface area contributed by atoms with Gasteiger partial charge in [-0.1, -0.05) is 12.1 Å². The molecule has 1 atom stereocenters. The molecular weight excluding hydrogens is 264 g/mol. The fourth-order valence-corrected chi connectivity index (χ4v) is 2.00. The second-order valence-electron chi connectivity index (χ2n) is 4.82. The van der Waals surface area contributed by atoms with Crippen LogP contribution in [0.25, 0.3) is 0 Å². The van der Waals surface area contributed by atoms with Crippen molar-refractivity contribution in [1.82, 2.24) is 5.32 Å². The van der Waals surface area contributed by atoms with Crippen molar-refractivity contribution in [2.45, 2.75) is 13.0 Å². The number of carbonyl (C=O) groups is 1. The van der Waals surface area contributed by atoms with E-state index in [1.165, 1.54) is 0 Å². The summed E-state index contributed by atoms with van der Waals surface area (Å²) in [6.07, 6.45) is 0. The van der Waals surface area contributed by atoms with Gasteiger partial charge in [-0.25, -0.2) is 0 Å². The lowest BCUT2D eigenvalue weighted by Gasteiger charge is -2.12. The van der Waals surface area contributed by atoms with E-state index >= 15 is 0 Å². The predicted molar refractivity (Wildman–Crippen MR) is 84.9 cm³/mol. The first kappa shape index (κ1) is 15.1. The zero-order valence-corrected chi connectivity index (χ0v) is 12.5. The topological polar surface area (TPSA) is 50.4 Å². The maximum absolute atomic E-state index is 12.2. The number of methoxy groups -OCH3 is 1. The lowest BCUT2D eigenvalue weighted by Crippen LogP contribution is -2.14. The second kappa shape index (κ2) is 6.90. The third-order valence-corrected chi connectivity index (χ3v) is 3.43. The van der Waals surface area contributed by atoms with Crippen molar-refractivity contribution in [3.05, 3.63) is 59.7 Å². The Morgan fingerprint density at radius 1 is 1.14 bits per heavy atom. The molecule has 4 nitrogen and oxygen atoms in total. The van der Waals surface area contributed by atoms with Crippen LogP contribution in [0.2, 0.25) is 0 Å². The van der Waals surface area contributed by atoms with Crippen molar-refractivity contribution >= 4 is 11.6 Å². The maximum Gasteiger partial charge on any atom is 0.255 e. The fourth-order valence-electron chi connectivity index (χ4n) is 2.00. The summed E-state index contributed by atoms with van der Waals surface area (Å²) in [6.45, 7) is 2.07. The van der Waals surface area contributed by atoms with Gasteiger partial charge < -0.3 is 15.4 Å². The lowest BCUT2D eigenvalue weighted by atomic mass is 10.1. The molecule has 2 aromatic rings. The molecule has 4 heteroatoms. The minimum atomic E-state index is -0.132. The fraction of sp³-hybridized carbons (Fsp3) is 0.235. The van der Waals surface area contributed by atoms with Crippen molar-refractivity contribution in [1.29, 1.82) is 0 Å². The molecule has 1 amide bonds. The number of carbonyl (C=O) groups excluding carboxylic acids is 1. The van der Waals surface area contributed by atoms with E-state index in [2.05, 4.69) is 17.6 Å². The Hall–Kier alpha value is -2.33. The number of amides is 1. The van der Waals surface area contributed by atoms with Crippen molar-refractivity contribution in [3.63, 3.8) is 0 Å². The molecule has 0 saturated carbocycles. The molecule has 0 aliphatic heterocycles. The average molecular weight is 284 g/mol. The molecule has 0 saturated heterocycles. The summed E-state index contributed by atoms with van der Waals surface area (Å²) in [6, 6.07) is 15.1. The van der Waals surface area contributed by atoms with Crippen LogP contribution in [0.1, 0.15) is 28.9 Å². The number of benzene rings is 2. The highest BCUT2D eigenvalue weighted by molar-refractivity contribution is 6.04. The van der Waals surface area contributed by atoms with Gasteiger partial charge in [0, 0.05) is 17.3 Å². The minimum Gasteiger partial charge on any atom is -0.497 e. The average Bonchev–Trinajstić information content (AvgIpc) is 2.54. The van der Waals surface area contributed by atoms with Crippen LogP contribution < -0.4 is 15.4 Å². The summed E-state index contributed by atoms with van der Waals surface area (Å²) < 4.78 is 5.08. The van der Waals surface area contributed by atoms with Gasteiger partial charge in [0.05, 0.1) is 7.11 Å². The molecule has 1 unspecified atom stereocenters. The zero-order valence-electron chi connectivity index (χ0n) is 12.5. The van der Waals surface area contributed by atoms with Crippen LogP contribution in [0.5, 0.6) is 5.75 Å². The number of anilines is 1. The third kappa shape index (κ3) is 3.83. The van der Waals surface area contributed by atoms with Crippen molar-refractivity contribution in [3.8, 4) is 5.75 Å². The predicted octanol–water partition coefficient (Wildman–Crippen LogP) is 3.23. The van der Waals surface area contributed by atoms with Crippen molar-refractivity contribution in [2.24, 2.45) is 0 Å². The van der Waals surface area contributed by atoms with Crippen LogP contribution in [0.4, 0.5) is 5.69 Å². The molecule has 0 bridgehead atoms. The molecule has 21 heavy (non-hydrogen) atoms. The highest BCUT2D eigenvalue weighted by atomic mass is 16.5. The SMILES string of the molecule is CNC(C)c1cccc(NC(=O)c2ccc(OC)cc2)c1.